The average Bonchev–Trinajstić information content (AvgIpc) is 2.96. The number of Topliss-reactive ketones (excluding diaryl/α,β-unsaturated/α-hetero) is 1. The maximum atomic E-state index is 13.6. The Labute approximate surface area is 200 Å². The highest BCUT2D eigenvalue weighted by Crippen LogP contribution is 2.44. The van der Waals surface area contributed by atoms with E-state index in [0.717, 1.165) is 40.2 Å². The summed E-state index contributed by atoms with van der Waals surface area (Å²) in [7, 11) is 0. The first-order chi connectivity index (χ1) is 15.8. The maximum Gasteiger partial charge on any atom is 0.163 e. The van der Waals surface area contributed by atoms with Gasteiger partial charge in [-0.05, 0) is 58.7 Å². The summed E-state index contributed by atoms with van der Waals surface area (Å²) in [6.45, 7) is 6.65. The summed E-state index contributed by atoms with van der Waals surface area (Å²) in [5.41, 5.74) is 7.49. The van der Waals surface area contributed by atoms with Crippen molar-refractivity contribution in [1.82, 2.24) is 0 Å². The molecular formula is C29H29ClN2O. The minimum Gasteiger partial charge on any atom is -0.372 e. The molecule has 4 heteroatoms. The highest BCUT2D eigenvalue weighted by molar-refractivity contribution is 6.30. The number of allylic oxidation sites excluding steroid dienone is 1. The van der Waals surface area contributed by atoms with Crippen LogP contribution in [0, 0.1) is 0 Å². The molecule has 2 unspecified atom stereocenters. The zero-order valence-electron chi connectivity index (χ0n) is 19.3. The van der Waals surface area contributed by atoms with Gasteiger partial charge < -0.3 is 10.6 Å². The van der Waals surface area contributed by atoms with Crippen molar-refractivity contribution in [2.45, 2.75) is 51.0 Å². The third-order valence-electron chi connectivity index (χ3n) is 6.76. The number of hydrogen-bond donors (Lipinski definition) is 2. The molecule has 1 aliphatic carbocycles. The normalized spacial score (nSPS) is 20.3. The van der Waals surface area contributed by atoms with Crippen LogP contribution in [0.15, 0.2) is 84.1 Å². The van der Waals surface area contributed by atoms with E-state index in [4.69, 9.17) is 11.6 Å². The second kappa shape index (κ2) is 8.39. The second-order valence-corrected chi connectivity index (χ2v) is 10.5. The van der Waals surface area contributed by atoms with Crippen LogP contribution < -0.4 is 10.6 Å². The first-order valence-corrected chi connectivity index (χ1v) is 11.9. The van der Waals surface area contributed by atoms with Crippen molar-refractivity contribution in [3.63, 3.8) is 0 Å². The molecule has 0 bridgehead atoms. The Kier molecular flexibility index (Phi) is 5.54. The lowest BCUT2D eigenvalue weighted by molar-refractivity contribution is -0.116. The summed E-state index contributed by atoms with van der Waals surface area (Å²) in [4.78, 5) is 13.6. The molecule has 0 aromatic heterocycles. The van der Waals surface area contributed by atoms with Gasteiger partial charge in [-0.1, -0.05) is 80.9 Å². The summed E-state index contributed by atoms with van der Waals surface area (Å²) in [5, 5.41) is 7.99. The number of anilines is 2. The van der Waals surface area contributed by atoms with Gasteiger partial charge in [0, 0.05) is 22.7 Å². The van der Waals surface area contributed by atoms with Crippen LogP contribution in [0.3, 0.4) is 0 Å². The molecule has 2 atom stereocenters. The fraction of sp³-hybridized carbons (Fsp3) is 0.276. The zero-order chi connectivity index (χ0) is 23.2. The number of rotatable bonds is 2. The van der Waals surface area contributed by atoms with Crippen LogP contribution in [-0.4, -0.2) is 5.78 Å². The number of carbonyl (C=O) groups is 1. The van der Waals surface area contributed by atoms with Crippen molar-refractivity contribution in [3.05, 3.63) is 106 Å². The monoisotopic (exact) mass is 456 g/mol. The summed E-state index contributed by atoms with van der Waals surface area (Å²) >= 11 is 6.10. The minimum absolute atomic E-state index is 0.0838. The predicted molar refractivity (Wildman–Crippen MR) is 137 cm³/mol. The highest BCUT2D eigenvalue weighted by Gasteiger charge is 2.36. The van der Waals surface area contributed by atoms with Gasteiger partial charge in [-0.3, -0.25) is 4.79 Å². The topological polar surface area (TPSA) is 41.1 Å². The van der Waals surface area contributed by atoms with Crippen LogP contribution in [0.25, 0.3) is 0 Å². The number of ketones is 1. The number of carbonyl (C=O) groups excluding carboxylic acids is 1. The van der Waals surface area contributed by atoms with Crippen LogP contribution in [0.5, 0.6) is 0 Å². The summed E-state index contributed by atoms with van der Waals surface area (Å²) in [6, 6.07) is 24.6. The summed E-state index contributed by atoms with van der Waals surface area (Å²) < 4.78 is 0. The van der Waals surface area contributed by atoms with E-state index >= 15 is 0 Å². The SMILES string of the molecule is CC(C)(C)c1ccc(C2Nc3ccccc3NC3=C2C(=O)CC(c2ccc(Cl)cc2)C3)cc1. The molecule has 5 rings (SSSR count). The fourth-order valence-electron chi connectivity index (χ4n) is 4.89. The van der Waals surface area contributed by atoms with Crippen LogP contribution in [0.4, 0.5) is 11.4 Å². The van der Waals surface area contributed by atoms with Gasteiger partial charge in [0.15, 0.2) is 5.78 Å². The fourth-order valence-corrected chi connectivity index (χ4v) is 5.01. The van der Waals surface area contributed by atoms with Crippen LogP contribution >= 0.6 is 11.6 Å². The van der Waals surface area contributed by atoms with E-state index in [9.17, 15) is 4.79 Å². The second-order valence-electron chi connectivity index (χ2n) is 10.1. The Balaban J connectivity index is 1.57. The number of hydrogen-bond acceptors (Lipinski definition) is 3. The van der Waals surface area contributed by atoms with Gasteiger partial charge >= 0.3 is 0 Å². The Morgan fingerprint density at radius 1 is 0.818 bits per heavy atom. The molecule has 3 nitrogen and oxygen atoms in total. The largest absolute Gasteiger partial charge is 0.372 e. The number of fused-ring (bicyclic) bond motifs is 1. The van der Waals surface area contributed by atoms with Crippen molar-refractivity contribution in [2.24, 2.45) is 0 Å². The molecule has 168 valence electrons. The Bertz CT molecular complexity index is 1220. The summed E-state index contributed by atoms with van der Waals surface area (Å²) in [5.74, 6) is 0.323. The molecule has 1 aliphatic heterocycles. The molecule has 3 aromatic carbocycles. The molecule has 1 heterocycles. The first-order valence-electron chi connectivity index (χ1n) is 11.5. The van der Waals surface area contributed by atoms with Gasteiger partial charge in [-0.15, -0.1) is 0 Å². The molecule has 0 saturated carbocycles. The smallest absolute Gasteiger partial charge is 0.163 e. The Hall–Kier alpha value is -3.04. The molecule has 0 amide bonds. The van der Waals surface area contributed by atoms with Crippen LogP contribution in [0.1, 0.15) is 62.3 Å². The van der Waals surface area contributed by atoms with E-state index in [2.05, 4.69) is 67.8 Å². The molecule has 0 saturated heterocycles. The van der Waals surface area contributed by atoms with E-state index in [1.54, 1.807) is 0 Å². The molecule has 2 N–H and O–H groups in total. The van der Waals surface area contributed by atoms with Crippen LogP contribution in [-0.2, 0) is 10.2 Å². The molecule has 2 aliphatic rings. The Morgan fingerprint density at radius 2 is 1.45 bits per heavy atom. The van der Waals surface area contributed by atoms with Crippen molar-refractivity contribution in [3.8, 4) is 0 Å². The third-order valence-corrected chi connectivity index (χ3v) is 7.01. The van der Waals surface area contributed by atoms with E-state index in [1.165, 1.54) is 5.56 Å². The molecule has 33 heavy (non-hydrogen) atoms. The summed E-state index contributed by atoms with van der Waals surface area (Å²) in [6.07, 6.45) is 1.28. The number of benzene rings is 3. The lowest BCUT2D eigenvalue weighted by Crippen LogP contribution is -2.27. The van der Waals surface area contributed by atoms with E-state index in [0.29, 0.717) is 11.4 Å². The lowest BCUT2D eigenvalue weighted by Gasteiger charge is -2.30. The van der Waals surface area contributed by atoms with E-state index in [-0.39, 0.29) is 23.2 Å². The van der Waals surface area contributed by atoms with Gasteiger partial charge in [0.05, 0.1) is 17.4 Å². The van der Waals surface area contributed by atoms with E-state index < -0.39 is 0 Å². The minimum atomic E-state index is -0.191. The highest BCUT2D eigenvalue weighted by atomic mass is 35.5. The molecule has 3 aromatic rings. The van der Waals surface area contributed by atoms with Gasteiger partial charge in [-0.25, -0.2) is 0 Å². The molecule has 0 fully saturated rings. The third kappa shape index (κ3) is 4.30. The zero-order valence-corrected chi connectivity index (χ0v) is 20.0. The van der Waals surface area contributed by atoms with Gasteiger partial charge in [0.2, 0.25) is 0 Å². The van der Waals surface area contributed by atoms with Gasteiger partial charge in [-0.2, -0.15) is 0 Å². The Morgan fingerprint density at radius 3 is 2.12 bits per heavy atom. The van der Waals surface area contributed by atoms with Crippen molar-refractivity contribution < 1.29 is 4.79 Å². The maximum absolute atomic E-state index is 13.6. The van der Waals surface area contributed by atoms with Gasteiger partial charge in [0.1, 0.15) is 0 Å². The lowest BCUT2D eigenvalue weighted by atomic mass is 9.78. The van der Waals surface area contributed by atoms with Crippen molar-refractivity contribution in [2.75, 3.05) is 10.6 Å². The standard InChI is InChI=1S/C29H29ClN2O/c1-29(2,3)21-12-8-19(9-13-21)28-27-25(31-23-6-4-5-7-24(23)32-28)16-20(17-26(27)33)18-10-14-22(30)15-11-18/h4-15,20,28,31-32H,16-17H2,1-3H3. The first kappa shape index (κ1) is 21.8. The number of nitrogens with one attached hydrogen (secondary N) is 2. The molecular weight excluding hydrogens is 428 g/mol. The number of para-hydroxylation sites is 2. The molecule has 0 spiro atoms. The average molecular weight is 457 g/mol. The molecule has 0 radical (unpaired) electrons. The van der Waals surface area contributed by atoms with Gasteiger partial charge in [0.25, 0.3) is 0 Å². The number of halogens is 1. The van der Waals surface area contributed by atoms with E-state index in [1.807, 2.05) is 36.4 Å². The van der Waals surface area contributed by atoms with Crippen molar-refractivity contribution in [1.29, 1.82) is 0 Å². The predicted octanol–water partition coefficient (Wildman–Crippen LogP) is 7.62. The quantitative estimate of drug-likeness (QED) is 0.416. The van der Waals surface area contributed by atoms with Crippen molar-refractivity contribution >= 4 is 28.8 Å². The van der Waals surface area contributed by atoms with Crippen LogP contribution in [0.2, 0.25) is 5.02 Å².